The van der Waals surface area contributed by atoms with Crippen LogP contribution in [0.4, 0.5) is 0 Å². The first-order valence-electron chi connectivity index (χ1n) is 11.8. The smallest absolute Gasteiger partial charge is 0.339 e. The Balaban J connectivity index is 1.73. The molecular formula is C30H32O2Si. The molecule has 3 heteroatoms. The largest absolute Gasteiger partial charge is 0.383 e. The molecule has 0 spiro atoms. The Morgan fingerprint density at radius 1 is 0.455 bits per heavy atom. The molecule has 0 fully saturated rings. The van der Waals surface area contributed by atoms with E-state index < -0.39 is 8.56 Å². The highest BCUT2D eigenvalue weighted by atomic mass is 28.4. The summed E-state index contributed by atoms with van der Waals surface area (Å²) in [6.07, 6.45) is -0.322. The lowest BCUT2D eigenvalue weighted by Crippen LogP contribution is -2.43. The summed E-state index contributed by atoms with van der Waals surface area (Å²) in [5.41, 5.74) is 4.62. The molecule has 0 heterocycles. The zero-order valence-corrected chi connectivity index (χ0v) is 20.4. The monoisotopic (exact) mass is 452 g/mol. The molecule has 0 aliphatic heterocycles. The Bertz CT molecular complexity index is 915. The van der Waals surface area contributed by atoms with E-state index in [2.05, 4.69) is 111 Å². The topological polar surface area (TPSA) is 18.5 Å². The van der Waals surface area contributed by atoms with Gasteiger partial charge in [0.05, 0.1) is 12.2 Å². The zero-order valence-electron chi connectivity index (χ0n) is 19.4. The van der Waals surface area contributed by atoms with Crippen molar-refractivity contribution in [2.45, 2.75) is 38.1 Å². The van der Waals surface area contributed by atoms with Gasteiger partial charge in [-0.05, 0) is 34.3 Å². The number of hydrogen-bond donors (Lipinski definition) is 0. The quantitative estimate of drug-likeness (QED) is 0.226. The van der Waals surface area contributed by atoms with Gasteiger partial charge in [-0.3, -0.25) is 0 Å². The van der Waals surface area contributed by atoms with Gasteiger partial charge in [-0.15, -0.1) is 0 Å². The Morgan fingerprint density at radius 2 is 0.697 bits per heavy atom. The van der Waals surface area contributed by atoms with E-state index in [1.807, 2.05) is 24.3 Å². The second-order valence-corrected chi connectivity index (χ2v) is 12.0. The standard InChI is InChI=1S/C30H32O2Si/c1-3-33(4-2,31-29(25-17-9-5-10-18-25)26-19-11-6-12-20-26)32-30(27-21-13-7-14-22-27)28-23-15-8-16-24-28/h5-24,29-30H,3-4H2,1-2H3. The summed E-state index contributed by atoms with van der Waals surface area (Å²) in [6, 6.07) is 43.7. The first-order valence-corrected chi connectivity index (χ1v) is 14.0. The van der Waals surface area contributed by atoms with Crippen molar-refractivity contribution < 1.29 is 8.85 Å². The lowest BCUT2D eigenvalue weighted by atomic mass is 10.0. The molecule has 168 valence electrons. The molecule has 0 unspecified atom stereocenters. The van der Waals surface area contributed by atoms with Crippen LogP contribution in [-0.2, 0) is 8.85 Å². The van der Waals surface area contributed by atoms with E-state index in [0.29, 0.717) is 0 Å². The van der Waals surface area contributed by atoms with Gasteiger partial charge in [0.25, 0.3) is 0 Å². The Morgan fingerprint density at radius 3 is 0.909 bits per heavy atom. The van der Waals surface area contributed by atoms with Crippen LogP contribution in [0.2, 0.25) is 12.1 Å². The third-order valence-corrected chi connectivity index (χ3v) is 9.64. The number of benzene rings is 4. The van der Waals surface area contributed by atoms with Gasteiger partial charge >= 0.3 is 8.56 Å². The predicted molar refractivity (Wildman–Crippen MR) is 138 cm³/mol. The van der Waals surface area contributed by atoms with E-state index >= 15 is 0 Å². The second kappa shape index (κ2) is 11.2. The molecular weight excluding hydrogens is 420 g/mol. The van der Waals surface area contributed by atoms with Gasteiger partial charge in [-0.25, -0.2) is 0 Å². The fraction of sp³-hybridized carbons (Fsp3) is 0.200. The summed E-state index contributed by atoms with van der Waals surface area (Å²) in [4.78, 5) is 0. The van der Waals surface area contributed by atoms with Crippen molar-refractivity contribution in [3.8, 4) is 0 Å². The van der Waals surface area contributed by atoms with Crippen molar-refractivity contribution in [2.75, 3.05) is 0 Å². The molecule has 0 bridgehead atoms. The van der Waals surface area contributed by atoms with Crippen LogP contribution in [0.5, 0.6) is 0 Å². The maximum atomic E-state index is 7.10. The predicted octanol–water partition coefficient (Wildman–Crippen LogP) is 8.08. The molecule has 0 aliphatic carbocycles. The van der Waals surface area contributed by atoms with Crippen LogP contribution in [-0.4, -0.2) is 8.56 Å². The normalized spacial score (nSPS) is 11.8. The van der Waals surface area contributed by atoms with E-state index in [1.165, 1.54) is 0 Å². The molecule has 0 saturated carbocycles. The minimum Gasteiger partial charge on any atom is -0.383 e. The average Bonchev–Trinajstić information content (AvgIpc) is 2.91. The van der Waals surface area contributed by atoms with Gasteiger partial charge in [-0.1, -0.05) is 135 Å². The van der Waals surface area contributed by atoms with Gasteiger partial charge in [0.1, 0.15) is 0 Å². The molecule has 0 aliphatic rings. The lowest BCUT2D eigenvalue weighted by molar-refractivity contribution is 0.107. The highest BCUT2D eigenvalue weighted by Gasteiger charge is 2.40. The molecule has 4 rings (SSSR count). The summed E-state index contributed by atoms with van der Waals surface area (Å²) >= 11 is 0. The molecule has 33 heavy (non-hydrogen) atoms. The Kier molecular flexibility index (Phi) is 7.90. The van der Waals surface area contributed by atoms with Crippen molar-refractivity contribution in [1.29, 1.82) is 0 Å². The van der Waals surface area contributed by atoms with Crippen LogP contribution in [0, 0.1) is 0 Å². The molecule has 0 radical (unpaired) electrons. The molecule has 2 nitrogen and oxygen atoms in total. The van der Waals surface area contributed by atoms with E-state index in [0.717, 1.165) is 34.3 Å². The van der Waals surface area contributed by atoms with Crippen LogP contribution in [0.25, 0.3) is 0 Å². The van der Waals surface area contributed by atoms with Gasteiger partial charge < -0.3 is 8.85 Å². The van der Waals surface area contributed by atoms with Crippen LogP contribution >= 0.6 is 0 Å². The molecule has 4 aromatic carbocycles. The van der Waals surface area contributed by atoms with Gasteiger partial charge in [0, 0.05) is 0 Å². The molecule has 0 aromatic heterocycles. The van der Waals surface area contributed by atoms with Gasteiger partial charge in [-0.2, -0.15) is 0 Å². The number of hydrogen-bond acceptors (Lipinski definition) is 2. The van der Waals surface area contributed by atoms with Crippen molar-refractivity contribution in [3.05, 3.63) is 144 Å². The van der Waals surface area contributed by atoms with Gasteiger partial charge in [0.15, 0.2) is 0 Å². The summed E-state index contributed by atoms with van der Waals surface area (Å²) < 4.78 is 14.2. The SMILES string of the molecule is CC[Si](CC)(OC(c1ccccc1)c1ccccc1)OC(c1ccccc1)c1ccccc1. The summed E-state index contributed by atoms with van der Waals surface area (Å²) in [6.45, 7) is 4.41. The van der Waals surface area contributed by atoms with E-state index in [4.69, 9.17) is 8.85 Å². The second-order valence-electron chi connectivity index (χ2n) is 8.26. The molecule has 0 saturated heterocycles. The molecule has 0 N–H and O–H groups in total. The highest BCUT2D eigenvalue weighted by molar-refractivity contribution is 6.67. The van der Waals surface area contributed by atoms with E-state index in [-0.39, 0.29) is 12.2 Å². The van der Waals surface area contributed by atoms with E-state index in [9.17, 15) is 0 Å². The number of rotatable bonds is 10. The Hall–Kier alpha value is -2.98. The summed E-state index contributed by atoms with van der Waals surface area (Å²) in [5.74, 6) is 0. The minimum atomic E-state index is -2.60. The van der Waals surface area contributed by atoms with Crippen LogP contribution < -0.4 is 0 Å². The summed E-state index contributed by atoms with van der Waals surface area (Å²) in [5, 5.41) is 0. The van der Waals surface area contributed by atoms with Gasteiger partial charge in [0.2, 0.25) is 0 Å². The Labute approximate surface area is 199 Å². The fourth-order valence-corrected chi connectivity index (χ4v) is 6.83. The minimum absolute atomic E-state index is 0.161. The first kappa shape index (κ1) is 23.2. The van der Waals surface area contributed by atoms with E-state index in [1.54, 1.807) is 0 Å². The maximum Gasteiger partial charge on any atom is 0.339 e. The first-order chi connectivity index (χ1) is 16.2. The van der Waals surface area contributed by atoms with Crippen molar-refractivity contribution in [2.24, 2.45) is 0 Å². The third kappa shape index (κ3) is 5.69. The fourth-order valence-electron chi connectivity index (χ4n) is 4.21. The van der Waals surface area contributed by atoms with Crippen LogP contribution in [0.1, 0.15) is 48.3 Å². The highest BCUT2D eigenvalue weighted by Crippen LogP contribution is 2.38. The maximum absolute atomic E-state index is 7.10. The van der Waals surface area contributed by atoms with Crippen LogP contribution in [0.15, 0.2) is 121 Å². The summed E-state index contributed by atoms with van der Waals surface area (Å²) in [7, 11) is -2.60. The van der Waals surface area contributed by atoms with Crippen LogP contribution in [0.3, 0.4) is 0 Å². The van der Waals surface area contributed by atoms with Crippen molar-refractivity contribution in [3.63, 3.8) is 0 Å². The molecule has 4 aromatic rings. The average molecular weight is 453 g/mol. The molecule has 0 atom stereocenters. The molecule has 0 amide bonds. The zero-order chi connectivity index (χ0) is 22.9. The van der Waals surface area contributed by atoms with Crippen molar-refractivity contribution >= 4 is 8.56 Å². The third-order valence-electron chi connectivity index (χ3n) is 6.15. The van der Waals surface area contributed by atoms with Crippen molar-refractivity contribution in [1.82, 2.24) is 0 Å². The lowest BCUT2D eigenvalue weighted by Gasteiger charge is -2.37.